The number of anilines is 1. The number of pyridine rings is 1. The largest absolute Gasteiger partial charge is 0.465 e. The lowest BCUT2D eigenvalue weighted by atomic mass is 10.1. The Balaban J connectivity index is 3.33. The minimum atomic E-state index is -4.67. The second-order valence-corrected chi connectivity index (χ2v) is 2.64. The molecule has 0 spiro atoms. The number of ether oxygens (including phenoxy) is 1. The summed E-state index contributed by atoms with van der Waals surface area (Å²) in [6, 6.07) is 0.590. The second-order valence-electron chi connectivity index (χ2n) is 2.64. The number of esters is 1. The number of nitrogen functional groups attached to an aromatic ring is 1. The Hall–Kier alpha value is -1.79. The van der Waals surface area contributed by atoms with E-state index < -0.39 is 23.3 Å². The van der Waals surface area contributed by atoms with Crippen LogP contribution in [0.4, 0.5) is 19.0 Å². The predicted molar refractivity (Wildman–Crippen MR) is 45.0 cm³/mol. The highest BCUT2D eigenvalue weighted by Gasteiger charge is 2.36. The van der Waals surface area contributed by atoms with Gasteiger partial charge in [0.05, 0.1) is 18.2 Å². The number of aromatic nitrogens is 1. The molecule has 1 rings (SSSR count). The zero-order valence-corrected chi connectivity index (χ0v) is 7.63. The van der Waals surface area contributed by atoms with Crippen molar-refractivity contribution in [2.75, 3.05) is 12.8 Å². The fourth-order valence-corrected chi connectivity index (χ4v) is 0.979. The van der Waals surface area contributed by atoms with Crippen LogP contribution in [0.5, 0.6) is 0 Å². The summed E-state index contributed by atoms with van der Waals surface area (Å²) in [6.45, 7) is 0. The Morgan fingerprint density at radius 3 is 2.60 bits per heavy atom. The first kappa shape index (κ1) is 11.3. The predicted octanol–water partition coefficient (Wildman–Crippen LogP) is 1.47. The lowest BCUT2D eigenvalue weighted by Crippen LogP contribution is -2.15. The van der Waals surface area contributed by atoms with Crippen LogP contribution in [0.25, 0.3) is 0 Å². The third kappa shape index (κ3) is 2.36. The van der Waals surface area contributed by atoms with Crippen LogP contribution >= 0.6 is 0 Å². The van der Waals surface area contributed by atoms with E-state index in [2.05, 4.69) is 9.72 Å². The van der Waals surface area contributed by atoms with Gasteiger partial charge in [0.1, 0.15) is 5.82 Å². The summed E-state index contributed by atoms with van der Waals surface area (Å²) in [5, 5.41) is 0. The molecule has 0 saturated carbocycles. The van der Waals surface area contributed by atoms with Gasteiger partial charge in [0.2, 0.25) is 0 Å². The molecule has 0 amide bonds. The monoisotopic (exact) mass is 220 g/mol. The molecule has 1 aromatic rings. The number of carbonyl (C=O) groups excluding carboxylic acids is 1. The van der Waals surface area contributed by atoms with E-state index >= 15 is 0 Å². The molecular formula is C8H7F3N2O2. The zero-order chi connectivity index (χ0) is 11.6. The minimum absolute atomic E-state index is 0.310. The summed E-state index contributed by atoms with van der Waals surface area (Å²) in [4.78, 5) is 14.4. The number of carbonyl (C=O) groups is 1. The molecule has 0 radical (unpaired) electrons. The molecule has 0 saturated heterocycles. The number of hydrogen-bond donors (Lipinski definition) is 1. The number of nitrogens with two attached hydrogens (primary N) is 1. The highest BCUT2D eigenvalue weighted by molar-refractivity contribution is 5.91. The first-order valence-electron chi connectivity index (χ1n) is 3.77. The SMILES string of the molecule is COC(=O)c1cnc(N)cc1C(F)(F)F. The van der Waals surface area contributed by atoms with Gasteiger partial charge in [0.25, 0.3) is 0 Å². The van der Waals surface area contributed by atoms with Gasteiger partial charge in [-0.2, -0.15) is 13.2 Å². The van der Waals surface area contributed by atoms with Crippen molar-refractivity contribution in [2.45, 2.75) is 6.18 Å². The maximum absolute atomic E-state index is 12.4. The van der Waals surface area contributed by atoms with E-state index in [0.29, 0.717) is 6.07 Å². The quantitative estimate of drug-likeness (QED) is 0.728. The molecular weight excluding hydrogens is 213 g/mol. The second kappa shape index (κ2) is 3.76. The minimum Gasteiger partial charge on any atom is -0.465 e. The third-order valence-electron chi connectivity index (χ3n) is 1.64. The molecule has 0 aliphatic rings. The van der Waals surface area contributed by atoms with Crippen LogP contribution in [0.3, 0.4) is 0 Å². The Kier molecular flexibility index (Phi) is 2.83. The van der Waals surface area contributed by atoms with Crippen molar-refractivity contribution in [3.63, 3.8) is 0 Å². The maximum Gasteiger partial charge on any atom is 0.417 e. The summed E-state index contributed by atoms with van der Waals surface area (Å²) < 4.78 is 41.5. The van der Waals surface area contributed by atoms with E-state index in [9.17, 15) is 18.0 Å². The van der Waals surface area contributed by atoms with Gasteiger partial charge in [-0.1, -0.05) is 0 Å². The van der Waals surface area contributed by atoms with Gasteiger partial charge in [-0.25, -0.2) is 9.78 Å². The number of nitrogens with zero attached hydrogens (tertiary/aromatic N) is 1. The molecule has 4 nitrogen and oxygen atoms in total. The number of hydrogen-bond acceptors (Lipinski definition) is 4. The van der Waals surface area contributed by atoms with Crippen molar-refractivity contribution in [1.82, 2.24) is 4.98 Å². The number of methoxy groups -OCH3 is 1. The molecule has 0 aromatic carbocycles. The maximum atomic E-state index is 12.4. The number of rotatable bonds is 1. The van der Waals surface area contributed by atoms with Crippen molar-refractivity contribution < 1.29 is 22.7 Å². The van der Waals surface area contributed by atoms with E-state index in [1.165, 1.54) is 0 Å². The molecule has 2 N–H and O–H groups in total. The molecule has 15 heavy (non-hydrogen) atoms. The Morgan fingerprint density at radius 1 is 1.53 bits per heavy atom. The number of halogens is 3. The molecule has 0 aliphatic heterocycles. The molecule has 7 heteroatoms. The van der Waals surface area contributed by atoms with Crippen LogP contribution in [0.1, 0.15) is 15.9 Å². The molecule has 0 fully saturated rings. The zero-order valence-electron chi connectivity index (χ0n) is 7.63. The highest BCUT2D eigenvalue weighted by Crippen LogP contribution is 2.32. The van der Waals surface area contributed by atoms with E-state index in [1.54, 1.807) is 0 Å². The van der Waals surface area contributed by atoms with Crippen LogP contribution in [0.2, 0.25) is 0 Å². The standard InChI is InChI=1S/C8H7F3N2O2/c1-15-7(14)4-3-13-6(12)2-5(4)8(9,10)11/h2-3H,1H3,(H2,12,13). The molecule has 0 unspecified atom stereocenters. The summed E-state index contributed by atoms with van der Waals surface area (Å²) in [5.41, 5.74) is 3.30. The van der Waals surface area contributed by atoms with E-state index in [0.717, 1.165) is 13.3 Å². The van der Waals surface area contributed by atoms with Crippen molar-refractivity contribution >= 4 is 11.8 Å². The van der Waals surface area contributed by atoms with Crippen molar-refractivity contribution in [2.24, 2.45) is 0 Å². The van der Waals surface area contributed by atoms with E-state index in [1.807, 2.05) is 0 Å². The Morgan fingerprint density at radius 2 is 2.13 bits per heavy atom. The van der Waals surface area contributed by atoms with Crippen LogP contribution < -0.4 is 5.73 Å². The van der Waals surface area contributed by atoms with Gasteiger partial charge in [-0.3, -0.25) is 0 Å². The summed E-state index contributed by atoms with van der Waals surface area (Å²) in [7, 11) is 0.985. The van der Waals surface area contributed by atoms with Gasteiger partial charge in [-0.05, 0) is 6.07 Å². The first-order chi connectivity index (χ1) is 6.86. The number of alkyl halides is 3. The molecule has 1 heterocycles. The molecule has 82 valence electrons. The lowest BCUT2D eigenvalue weighted by molar-refractivity contribution is -0.138. The first-order valence-corrected chi connectivity index (χ1v) is 3.77. The van der Waals surface area contributed by atoms with Gasteiger partial charge in [-0.15, -0.1) is 0 Å². The Labute approximate surface area is 82.9 Å². The van der Waals surface area contributed by atoms with Gasteiger partial charge < -0.3 is 10.5 Å². The van der Waals surface area contributed by atoms with Crippen LogP contribution in [-0.4, -0.2) is 18.1 Å². The normalized spacial score (nSPS) is 11.2. The summed E-state index contributed by atoms with van der Waals surface area (Å²) in [6.07, 6.45) is -3.93. The fourth-order valence-electron chi connectivity index (χ4n) is 0.979. The van der Waals surface area contributed by atoms with Crippen molar-refractivity contribution in [1.29, 1.82) is 0 Å². The van der Waals surface area contributed by atoms with E-state index in [-0.39, 0.29) is 5.82 Å². The van der Waals surface area contributed by atoms with Crippen LogP contribution in [-0.2, 0) is 10.9 Å². The molecule has 0 bridgehead atoms. The van der Waals surface area contributed by atoms with E-state index in [4.69, 9.17) is 5.73 Å². The van der Waals surface area contributed by atoms with Gasteiger partial charge in [0, 0.05) is 6.20 Å². The average molecular weight is 220 g/mol. The average Bonchev–Trinajstić information content (AvgIpc) is 2.15. The van der Waals surface area contributed by atoms with Crippen LogP contribution in [0, 0.1) is 0 Å². The summed E-state index contributed by atoms with van der Waals surface area (Å²) in [5.74, 6) is -1.41. The van der Waals surface area contributed by atoms with Crippen LogP contribution in [0.15, 0.2) is 12.3 Å². The van der Waals surface area contributed by atoms with Crippen molar-refractivity contribution in [3.05, 3.63) is 23.4 Å². The Bertz CT molecular complexity index is 390. The smallest absolute Gasteiger partial charge is 0.417 e. The topological polar surface area (TPSA) is 65.2 Å². The third-order valence-corrected chi connectivity index (χ3v) is 1.64. The molecule has 0 aliphatic carbocycles. The highest BCUT2D eigenvalue weighted by atomic mass is 19.4. The molecule has 0 atom stereocenters. The fraction of sp³-hybridized carbons (Fsp3) is 0.250. The van der Waals surface area contributed by atoms with Gasteiger partial charge in [0.15, 0.2) is 0 Å². The molecule has 1 aromatic heterocycles. The summed E-state index contributed by atoms with van der Waals surface area (Å²) >= 11 is 0. The van der Waals surface area contributed by atoms with Crippen molar-refractivity contribution in [3.8, 4) is 0 Å². The van der Waals surface area contributed by atoms with Gasteiger partial charge >= 0.3 is 12.1 Å². The lowest BCUT2D eigenvalue weighted by Gasteiger charge is -2.11.